The molecule has 5 fully saturated rings. The van der Waals surface area contributed by atoms with E-state index in [0.717, 1.165) is 63.2 Å². The van der Waals surface area contributed by atoms with E-state index in [0.29, 0.717) is 5.91 Å². The van der Waals surface area contributed by atoms with Crippen molar-refractivity contribution < 1.29 is 9.53 Å². The van der Waals surface area contributed by atoms with Crippen LogP contribution in [0.1, 0.15) is 57.8 Å². The molecule has 0 saturated heterocycles. The molecule has 2 unspecified atom stereocenters. The molecule has 0 aromatic rings. The Morgan fingerprint density at radius 1 is 1.18 bits per heavy atom. The van der Waals surface area contributed by atoms with Gasteiger partial charge in [0.15, 0.2) is 0 Å². The van der Waals surface area contributed by atoms with Crippen molar-refractivity contribution in [3.63, 3.8) is 0 Å². The highest BCUT2D eigenvalue weighted by atomic mass is 79.9. The average molecular weight is 370 g/mol. The molecule has 0 aromatic carbocycles. The molecule has 0 heterocycles. The van der Waals surface area contributed by atoms with Crippen molar-refractivity contribution in [3.05, 3.63) is 0 Å². The molecule has 3 nitrogen and oxygen atoms in total. The molecule has 5 saturated carbocycles. The number of rotatable bonds is 7. The van der Waals surface area contributed by atoms with Crippen LogP contribution in [0, 0.1) is 23.2 Å². The van der Waals surface area contributed by atoms with Gasteiger partial charge in [0, 0.05) is 24.1 Å². The lowest BCUT2D eigenvalue weighted by Gasteiger charge is -2.59. The normalized spacial score (nSPS) is 42.6. The van der Waals surface area contributed by atoms with Crippen LogP contribution in [0.5, 0.6) is 0 Å². The number of amides is 1. The average Bonchev–Trinajstić information content (AvgIpc) is 3.23. The summed E-state index contributed by atoms with van der Waals surface area (Å²) in [5.74, 6) is 2.70. The van der Waals surface area contributed by atoms with Crippen molar-refractivity contribution in [3.8, 4) is 0 Å². The van der Waals surface area contributed by atoms with Gasteiger partial charge in [0.05, 0.1) is 5.41 Å². The first-order chi connectivity index (χ1) is 10.6. The molecule has 124 valence electrons. The van der Waals surface area contributed by atoms with Gasteiger partial charge in [0.25, 0.3) is 0 Å². The molecule has 1 N–H and O–H groups in total. The zero-order valence-electron chi connectivity index (χ0n) is 13.4. The molecule has 0 radical (unpaired) electrons. The Morgan fingerprint density at radius 2 is 1.91 bits per heavy atom. The largest absolute Gasteiger partial charge is 0.381 e. The van der Waals surface area contributed by atoms with Crippen molar-refractivity contribution >= 4 is 21.8 Å². The Morgan fingerprint density at radius 3 is 2.55 bits per heavy atom. The van der Waals surface area contributed by atoms with Crippen LogP contribution in [-0.4, -0.2) is 30.0 Å². The predicted molar refractivity (Wildman–Crippen MR) is 89.9 cm³/mol. The molecule has 5 aliphatic rings. The third kappa shape index (κ3) is 3.10. The van der Waals surface area contributed by atoms with Crippen LogP contribution in [0.25, 0.3) is 0 Å². The first kappa shape index (κ1) is 15.4. The highest BCUT2D eigenvalue weighted by Gasteiger charge is 2.59. The number of carbonyl (C=O) groups is 1. The molecular formula is C18H28BrNO2. The number of hydrogen-bond acceptors (Lipinski definition) is 2. The standard InChI is InChI=1S/C18H28BrNO2/c19-18-9-14-6-15(10-18)8-17(7-14,12-18)16(21)20-4-1-5-22-11-13-2-3-13/h13-15H,1-12H2,(H,20,21). The summed E-state index contributed by atoms with van der Waals surface area (Å²) in [6.45, 7) is 2.49. The van der Waals surface area contributed by atoms with E-state index in [2.05, 4.69) is 21.2 Å². The van der Waals surface area contributed by atoms with Gasteiger partial charge in [-0.2, -0.15) is 0 Å². The van der Waals surface area contributed by atoms with Crippen molar-refractivity contribution in [2.75, 3.05) is 19.8 Å². The lowest BCUT2D eigenvalue weighted by atomic mass is 9.49. The van der Waals surface area contributed by atoms with Crippen LogP contribution >= 0.6 is 15.9 Å². The molecule has 0 aliphatic heterocycles. The summed E-state index contributed by atoms with van der Waals surface area (Å²) in [6, 6.07) is 0. The number of halogens is 1. The SMILES string of the molecule is O=C(NCCCOCC1CC1)C12CC3CC(CC(Br)(C3)C1)C2. The van der Waals surface area contributed by atoms with Crippen LogP contribution in [0.2, 0.25) is 0 Å². The topological polar surface area (TPSA) is 38.3 Å². The van der Waals surface area contributed by atoms with Gasteiger partial charge in [-0.1, -0.05) is 15.9 Å². The molecular weight excluding hydrogens is 342 g/mol. The summed E-state index contributed by atoms with van der Waals surface area (Å²) < 4.78 is 5.91. The molecule has 4 heteroatoms. The molecule has 1 amide bonds. The van der Waals surface area contributed by atoms with Crippen molar-refractivity contribution in [2.45, 2.75) is 62.1 Å². The number of hydrogen-bond donors (Lipinski definition) is 1. The van der Waals surface area contributed by atoms with E-state index in [1.54, 1.807) is 0 Å². The Kier molecular flexibility index (Phi) is 4.05. The highest BCUT2D eigenvalue weighted by molar-refractivity contribution is 9.10. The second-order valence-electron chi connectivity index (χ2n) is 8.52. The van der Waals surface area contributed by atoms with Crippen molar-refractivity contribution in [2.24, 2.45) is 23.2 Å². The van der Waals surface area contributed by atoms with E-state index in [-0.39, 0.29) is 9.74 Å². The second-order valence-corrected chi connectivity index (χ2v) is 10.2. The van der Waals surface area contributed by atoms with E-state index in [4.69, 9.17) is 4.74 Å². The Balaban J connectivity index is 1.25. The van der Waals surface area contributed by atoms with Gasteiger partial charge in [-0.05, 0) is 75.5 Å². The highest BCUT2D eigenvalue weighted by Crippen LogP contribution is 2.64. The Bertz CT molecular complexity index is 434. The van der Waals surface area contributed by atoms with Gasteiger partial charge in [-0.15, -0.1) is 0 Å². The number of nitrogens with one attached hydrogen (secondary N) is 1. The maximum Gasteiger partial charge on any atom is 0.226 e. The van der Waals surface area contributed by atoms with Gasteiger partial charge < -0.3 is 10.1 Å². The molecule has 5 rings (SSSR count). The molecule has 0 spiro atoms. The van der Waals surface area contributed by atoms with Gasteiger partial charge in [-0.3, -0.25) is 4.79 Å². The Labute approximate surface area is 142 Å². The van der Waals surface area contributed by atoms with Crippen LogP contribution in [0.4, 0.5) is 0 Å². The zero-order chi connectivity index (χ0) is 15.2. The summed E-state index contributed by atoms with van der Waals surface area (Å²) in [5.41, 5.74) is -0.0670. The second kappa shape index (κ2) is 5.77. The fourth-order valence-electron chi connectivity index (χ4n) is 5.51. The predicted octanol–water partition coefficient (Wildman–Crippen LogP) is 3.65. The quantitative estimate of drug-likeness (QED) is 0.549. The fourth-order valence-corrected chi connectivity index (χ4v) is 6.97. The smallest absolute Gasteiger partial charge is 0.226 e. The van der Waals surface area contributed by atoms with E-state index in [1.807, 2.05) is 0 Å². The summed E-state index contributed by atoms with van der Waals surface area (Å²) in [6.07, 6.45) is 10.9. The van der Waals surface area contributed by atoms with Gasteiger partial charge in [0.1, 0.15) is 0 Å². The van der Waals surface area contributed by atoms with Crippen LogP contribution in [0.15, 0.2) is 0 Å². The number of alkyl halides is 1. The van der Waals surface area contributed by atoms with Crippen LogP contribution < -0.4 is 5.32 Å². The van der Waals surface area contributed by atoms with Crippen molar-refractivity contribution in [1.82, 2.24) is 5.32 Å². The first-order valence-electron chi connectivity index (χ1n) is 9.12. The lowest BCUT2D eigenvalue weighted by Crippen LogP contribution is -2.58. The molecule has 5 aliphatic carbocycles. The van der Waals surface area contributed by atoms with Gasteiger partial charge >= 0.3 is 0 Å². The molecule has 0 aromatic heterocycles. The molecule has 22 heavy (non-hydrogen) atoms. The van der Waals surface area contributed by atoms with Crippen LogP contribution in [-0.2, 0) is 9.53 Å². The third-order valence-corrected chi connectivity index (χ3v) is 7.20. The summed E-state index contributed by atoms with van der Waals surface area (Å²) in [5, 5.41) is 3.22. The number of carbonyl (C=O) groups excluding carboxylic acids is 1. The van der Waals surface area contributed by atoms with Crippen molar-refractivity contribution in [1.29, 1.82) is 0 Å². The molecule has 4 bridgehead atoms. The van der Waals surface area contributed by atoms with Gasteiger partial charge in [0.2, 0.25) is 5.91 Å². The maximum absolute atomic E-state index is 12.8. The minimum absolute atomic E-state index is 0.0670. The zero-order valence-corrected chi connectivity index (χ0v) is 15.0. The van der Waals surface area contributed by atoms with E-state index >= 15 is 0 Å². The van der Waals surface area contributed by atoms with Gasteiger partial charge in [-0.25, -0.2) is 0 Å². The summed E-state index contributed by atoms with van der Waals surface area (Å²) in [7, 11) is 0. The minimum Gasteiger partial charge on any atom is -0.381 e. The lowest BCUT2D eigenvalue weighted by molar-refractivity contribution is -0.144. The van der Waals surface area contributed by atoms with Crippen LogP contribution in [0.3, 0.4) is 0 Å². The summed E-state index contributed by atoms with van der Waals surface area (Å²) >= 11 is 3.98. The Hall–Kier alpha value is -0.0900. The van der Waals surface area contributed by atoms with E-state index < -0.39 is 0 Å². The summed E-state index contributed by atoms with van der Waals surface area (Å²) in [4.78, 5) is 12.8. The van der Waals surface area contributed by atoms with E-state index in [1.165, 1.54) is 32.1 Å². The van der Waals surface area contributed by atoms with E-state index in [9.17, 15) is 4.79 Å². The fraction of sp³-hybridized carbons (Fsp3) is 0.944. The molecule has 2 atom stereocenters. The first-order valence-corrected chi connectivity index (χ1v) is 9.91. The third-order valence-electron chi connectivity index (χ3n) is 6.27. The maximum atomic E-state index is 12.8. The minimum atomic E-state index is -0.0670. The monoisotopic (exact) mass is 369 g/mol. The number of ether oxygens (including phenoxy) is 1.